The van der Waals surface area contributed by atoms with E-state index in [1.165, 1.54) is 16.8 Å². The second kappa shape index (κ2) is 6.31. The summed E-state index contributed by atoms with van der Waals surface area (Å²) in [7, 11) is 0. The Morgan fingerprint density at radius 1 is 1.46 bits per heavy atom. The fourth-order valence-corrected chi connectivity index (χ4v) is 3.31. The van der Waals surface area contributed by atoms with E-state index in [2.05, 4.69) is 10.3 Å². The van der Waals surface area contributed by atoms with Gasteiger partial charge in [-0.2, -0.15) is 4.98 Å². The molecule has 2 bridgehead atoms. The predicted molar refractivity (Wildman–Crippen MR) is 91.8 cm³/mol. The van der Waals surface area contributed by atoms with E-state index >= 15 is 0 Å². The first kappa shape index (κ1) is 15.7. The zero-order valence-corrected chi connectivity index (χ0v) is 14.0. The number of hydrogen-bond donors (Lipinski definition) is 2. The molecule has 2 aliphatic heterocycles. The zero-order chi connectivity index (χ0) is 19.2. The molecule has 5 atom stereocenters. The molecule has 0 radical (unpaired) electrons. The molecule has 4 rings (SSSR count). The summed E-state index contributed by atoms with van der Waals surface area (Å²) in [5.74, 6) is -0.268. The van der Waals surface area contributed by atoms with E-state index in [1.54, 1.807) is 37.3 Å². The second-order valence-corrected chi connectivity index (χ2v) is 6.30. The molecule has 1 aromatic carbocycles. The molecular formula is C18H19N3O5. The van der Waals surface area contributed by atoms with Crippen molar-refractivity contribution in [3.63, 3.8) is 0 Å². The highest BCUT2D eigenvalue weighted by molar-refractivity contribution is 6.03. The number of aliphatic hydroxyl groups is 1. The van der Waals surface area contributed by atoms with Crippen molar-refractivity contribution in [2.45, 2.75) is 37.4 Å². The van der Waals surface area contributed by atoms with Crippen molar-refractivity contribution >= 4 is 11.7 Å². The van der Waals surface area contributed by atoms with Gasteiger partial charge in [0, 0.05) is 13.1 Å². The van der Waals surface area contributed by atoms with Crippen LogP contribution < -0.4 is 11.0 Å². The number of fused-ring (bicyclic) bond motifs is 2. The highest BCUT2D eigenvalue weighted by Crippen LogP contribution is 2.46. The molecular weight excluding hydrogens is 338 g/mol. The molecule has 2 saturated heterocycles. The third kappa shape index (κ3) is 2.63. The summed E-state index contributed by atoms with van der Waals surface area (Å²) in [5.41, 5.74) is -1.36. The van der Waals surface area contributed by atoms with Crippen molar-refractivity contribution in [2.24, 2.45) is 0 Å². The normalized spacial score (nSPS) is 31.5. The molecule has 26 heavy (non-hydrogen) atoms. The lowest BCUT2D eigenvalue weighted by atomic mass is 9.96. The molecule has 2 N–H and O–H groups in total. The first-order chi connectivity index (χ1) is 12.9. The molecule has 0 saturated carbocycles. The first-order valence-electron chi connectivity index (χ1n) is 8.85. The van der Waals surface area contributed by atoms with Crippen molar-refractivity contribution in [2.75, 3.05) is 11.9 Å². The molecule has 3 heterocycles. The van der Waals surface area contributed by atoms with Gasteiger partial charge in [0.25, 0.3) is 5.91 Å². The molecule has 1 aromatic heterocycles. The Balaban J connectivity index is 1.55. The molecule has 8 nitrogen and oxygen atoms in total. The van der Waals surface area contributed by atoms with Gasteiger partial charge in [-0.3, -0.25) is 9.36 Å². The molecule has 8 heteroatoms. The van der Waals surface area contributed by atoms with Crippen molar-refractivity contribution < 1.29 is 20.7 Å². The van der Waals surface area contributed by atoms with E-state index in [4.69, 9.17) is 10.8 Å². The topological polar surface area (TPSA) is 103 Å². The Morgan fingerprint density at radius 2 is 2.23 bits per heavy atom. The van der Waals surface area contributed by atoms with Crippen LogP contribution in [0.25, 0.3) is 0 Å². The minimum atomic E-state index is -1.16. The molecule has 0 aliphatic carbocycles. The number of carbonyl (C=O) groups is 1. The van der Waals surface area contributed by atoms with Crippen LogP contribution in [0.3, 0.4) is 0 Å². The van der Waals surface area contributed by atoms with Crippen LogP contribution >= 0.6 is 0 Å². The Labute approximate surface area is 150 Å². The third-order valence-electron chi connectivity index (χ3n) is 4.80. The lowest BCUT2D eigenvalue weighted by Crippen LogP contribution is -2.40. The van der Waals surface area contributed by atoms with Crippen LogP contribution in [-0.4, -0.2) is 45.0 Å². The Morgan fingerprint density at radius 3 is 2.88 bits per heavy atom. The summed E-state index contributed by atoms with van der Waals surface area (Å²) in [6.45, 7) is 1.72. The molecule has 2 fully saturated rings. The third-order valence-corrected chi connectivity index (χ3v) is 4.80. The Hall–Kier alpha value is -2.55. The maximum absolute atomic E-state index is 12.4. The quantitative estimate of drug-likeness (QED) is 0.843. The van der Waals surface area contributed by atoms with Gasteiger partial charge in [0.15, 0.2) is 6.23 Å². The number of carbonyl (C=O) groups excluding carboxylic acids is 1. The second-order valence-electron chi connectivity index (χ2n) is 6.30. The van der Waals surface area contributed by atoms with Gasteiger partial charge in [-0.05, 0) is 24.6 Å². The van der Waals surface area contributed by atoms with Gasteiger partial charge in [-0.15, -0.1) is 0 Å². The van der Waals surface area contributed by atoms with Crippen LogP contribution in [0, 0.1) is 0 Å². The fourth-order valence-electron chi connectivity index (χ4n) is 3.31. The molecule has 0 spiro atoms. The van der Waals surface area contributed by atoms with E-state index in [9.17, 15) is 14.7 Å². The van der Waals surface area contributed by atoms with Crippen molar-refractivity contribution in [1.29, 1.82) is 0 Å². The van der Waals surface area contributed by atoms with Crippen LogP contribution in [0.15, 0.2) is 47.4 Å². The average Bonchev–Trinajstić information content (AvgIpc) is 3.14. The van der Waals surface area contributed by atoms with Crippen molar-refractivity contribution in [3.8, 4) is 0 Å². The van der Waals surface area contributed by atoms with Crippen molar-refractivity contribution in [3.05, 3.63) is 58.6 Å². The van der Waals surface area contributed by atoms with Gasteiger partial charge in [-0.1, -0.05) is 25.1 Å². The number of aliphatic hydroxyl groups excluding tert-OH is 1. The summed E-state index contributed by atoms with van der Waals surface area (Å²) in [4.78, 5) is 28.5. The lowest BCUT2D eigenvalue weighted by Gasteiger charge is -2.30. The number of rotatable bonds is 4. The summed E-state index contributed by atoms with van der Waals surface area (Å²) < 4.78 is 20.6. The van der Waals surface area contributed by atoms with Crippen LogP contribution in [0.5, 0.6) is 0 Å². The highest BCUT2D eigenvalue weighted by atomic mass is 16.6. The van der Waals surface area contributed by atoms with E-state index in [0.29, 0.717) is 5.56 Å². The molecule has 1 unspecified atom stereocenters. The number of aromatic nitrogens is 2. The monoisotopic (exact) mass is 358 g/mol. The van der Waals surface area contributed by atoms with Crippen LogP contribution in [0.2, 0.25) is 0 Å². The number of nitrogens with zero attached hydrogens (tertiary/aromatic N) is 2. The van der Waals surface area contributed by atoms with Gasteiger partial charge in [0.2, 0.25) is 0 Å². The predicted octanol–water partition coefficient (Wildman–Crippen LogP) is 0.933. The first-order valence-corrected chi connectivity index (χ1v) is 8.28. The summed E-state index contributed by atoms with van der Waals surface area (Å²) in [5, 5.41) is 13.0. The summed E-state index contributed by atoms with van der Waals surface area (Å²) in [6.07, 6.45) is -1.92. The van der Waals surface area contributed by atoms with Crippen LogP contribution in [0.4, 0.5) is 5.82 Å². The van der Waals surface area contributed by atoms with E-state index in [0.717, 1.165) is 0 Å². The zero-order valence-electron chi connectivity index (χ0n) is 15.0. The van der Waals surface area contributed by atoms with Crippen LogP contribution in [-0.2, 0) is 9.47 Å². The Bertz CT molecular complexity index is 919. The average molecular weight is 358 g/mol. The minimum absolute atomic E-state index is 0.105. The van der Waals surface area contributed by atoms with E-state index < -0.39 is 36.1 Å². The highest BCUT2D eigenvalue weighted by Gasteiger charge is 2.60. The molecule has 2 aliphatic rings. The number of amides is 1. The summed E-state index contributed by atoms with van der Waals surface area (Å²) >= 11 is 0. The number of benzene rings is 1. The number of hydrogen-bond acceptors (Lipinski definition) is 6. The SMILES string of the molecule is [2H]C(C)[C@]12CO[C@H]([C@H](n3ccc(NC(=O)c4ccccc4)nc3=O)O1)[C@H]2O. The molecule has 2 aromatic rings. The number of nitrogens with one attached hydrogen (secondary N) is 1. The number of ether oxygens (including phenoxy) is 2. The van der Waals surface area contributed by atoms with Crippen LogP contribution in [0.1, 0.15) is 31.3 Å². The fraction of sp³-hybridized carbons (Fsp3) is 0.389. The largest absolute Gasteiger partial charge is 0.387 e. The maximum Gasteiger partial charge on any atom is 0.351 e. The molecule has 136 valence electrons. The Kier molecular flexibility index (Phi) is 3.81. The maximum atomic E-state index is 12.4. The van der Waals surface area contributed by atoms with Gasteiger partial charge in [0.05, 0.1) is 6.61 Å². The van der Waals surface area contributed by atoms with Gasteiger partial charge >= 0.3 is 5.69 Å². The number of anilines is 1. The minimum Gasteiger partial charge on any atom is -0.387 e. The van der Waals surface area contributed by atoms with E-state index in [-0.39, 0.29) is 18.3 Å². The summed E-state index contributed by atoms with van der Waals surface area (Å²) in [6, 6.07) is 10.1. The van der Waals surface area contributed by atoms with Gasteiger partial charge < -0.3 is 19.9 Å². The van der Waals surface area contributed by atoms with E-state index in [1.807, 2.05) is 0 Å². The van der Waals surface area contributed by atoms with Crippen molar-refractivity contribution in [1.82, 2.24) is 9.55 Å². The van der Waals surface area contributed by atoms with Gasteiger partial charge in [-0.25, -0.2) is 4.79 Å². The van der Waals surface area contributed by atoms with Gasteiger partial charge in [0.1, 0.15) is 23.6 Å². The molecule has 1 amide bonds. The smallest absolute Gasteiger partial charge is 0.351 e. The standard InChI is InChI=1S/C18H19N3O5/c1-2-18-10-25-13(14(18)22)16(26-18)21-9-8-12(20-17(21)24)19-15(23)11-6-4-3-5-7-11/h3-9,13-14,16,22H,2,10H2,1H3,(H,19,20,23,24)/t13-,14+,16+,18+/m0/s1/i2D/t2?,13-,14+,16+,18+. The lowest BCUT2D eigenvalue weighted by molar-refractivity contribution is -0.175.